The van der Waals surface area contributed by atoms with E-state index in [1.165, 1.54) is 21.9 Å². The van der Waals surface area contributed by atoms with Gasteiger partial charge < -0.3 is 4.57 Å². The minimum atomic E-state index is -0.201. The van der Waals surface area contributed by atoms with Gasteiger partial charge in [0.1, 0.15) is 12.7 Å². The first-order chi connectivity index (χ1) is 6.29. The molecule has 2 aromatic heterocycles. The minimum Gasteiger partial charge on any atom is -0.314 e. The normalized spacial score (nSPS) is 10.2. The highest BCUT2D eigenvalue weighted by atomic mass is 16.1. The maximum Gasteiger partial charge on any atom is 0.295 e. The highest BCUT2D eigenvalue weighted by Gasteiger charge is 2.04. The lowest BCUT2D eigenvalue weighted by molar-refractivity contribution is 0.765. The van der Waals surface area contributed by atoms with E-state index in [0.717, 1.165) is 0 Å². The number of hydrogen-bond acceptors (Lipinski definition) is 4. The van der Waals surface area contributed by atoms with Gasteiger partial charge in [0, 0.05) is 19.4 Å². The quantitative estimate of drug-likeness (QED) is 0.581. The first-order valence-corrected chi connectivity index (χ1v) is 3.65. The Balaban J connectivity index is 2.66. The smallest absolute Gasteiger partial charge is 0.295 e. The van der Waals surface area contributed by atoms with E-state index in [2.05, 4.69) is 15.1 Å². The van der Waals surface area contributed by atoms with Gasteiger partial charge in [-0.15, -0.1) is 0 Å². The Labute approximate surface area is 73.5 Å². The molecular formula is C7H7N5O. The van der Waals surface area contributed by atoms with Gasteiger partial charge in [-0.05, 0) is 0 Å². The first-order valence-electron chi connectivity index (χ1n) is 3.65. The van der Waals surface area contributed by atoms with Gasteiger partial charge in [0.25, 0.3) is 5.56 Å². The molecule has 0 amide bonds. The molecule has 0 aliphatic carbocycles. The summed E-state index contributed by atoms with van der Waals surface area (Å²) < 4.78 is 2.77. The largest absolute Gasteiger partial charge is 0.314 e. The zero-order chi connectivity index (χ0) is 9.26. The average Bonchev–Trinajstić information content (AvgIpc) is 2.62. The van der Waals surface area contributed by atoms with Gasteiger partial charge in [0.15, 0.2) is 0 Å². The molecule has 66 valence electrons. The molecular weight excluding hydrogens is 170 g/mol. The van der Waals surface area contributed by atoms with Crippen LogP contribution in [0.25, 0.3) is 5.82 Å². The molecule has 0 aliphatic rings. The monoisotopic (exact) mass is 177 g/mol. The van der Waals surface area contributed by atoms with Crippen LogP contribution in [0, 0.1) is 0 Å². The third kappa shape index (κ3) is 1.22. The summed E-state index contributed by atoms with van der Waals surface area (Å²) in [6.07, 6.45) is 5.92. The molecule has 2 aromatic rings. The predicted molar refractivity (Wildman–Crippen MR) is 44.4 cm³/mol. The van der Waals surface area contributed by atoms with Gasteiger partial charge in [-0.3, -0.25) is 4.79 Å². The standard InChI is InChI=1S/C7H7N5O/c1-11-3-2-9-6(7(11)13)12-5-8-4-10-12/h2-5H,1H3. The fraction of sp³-hybridized carbons (Fsp3) is 0.143. The van der Waals surface area contributed by atoms with Crippen molar-refractivity contribution < 1.29 is 0 Å². The summed E-state index contributed by atoms with van der Waals surface area (Å²) in [7, 11) is 1.66. The van der Waals surface area contributed by atoms with Crippen LogP contribution in [0.2, 0.25) is 0 Å². The summed E-state index contributed by atoms with van der Waals surface area (Å²) in [5.74, 6) is 0.252. The topological polar surface area (TPSA) is 65.6 Å². The summed E-state index contributed by atoms with van der Waals surface area (Å²) in [5.41, 5.74) is -0.201. The van der Waals surface area contributed by atoms with Crippen LogP contribution in [-0.2, 0) is 7.05 Å². The Kier molecular flexibility index (Phi) is 1.66. The van der Waals surface area contributed by atoms with E-state index >= 15 is 0 Å². The van der Waals surface area contributed by atoms with Crippen molar-refractivity contribution >= 4 is 0 Å². The van der Waals surface area contributed by atoms with Gasteiger partial charge in [0.05, 0.1) is 0 Å². The van der Waals surface area contributed by atoms with Crippen molar-refractivity contribution in [1.82, 2.24) is 24.3 Å². The van der Waals surface area contributed by atoms with Gasteiger partial charge in [-0.2, -0.15) is 9.78 Å². The number of aromatic nitrogens is 5. The Hall–Kier alpha value is -1.98. The Bertz CT molecular complexity index is 458. The fourth-order valence-electron chi connectivity index (χ4n) is 0.959. The lowest BCUT2D eigenvalue weighted by Crippen LogP contribution is -2.23. The van der Waals surface area contributed by atoms with Gasteiger partial charge in [0.2, 0.25) is 5.82 Å². The second-order valence-electron chi connectivity index (χ2n) is 2.51. The molecule has 0 N–H and O–H groups in total. The SMILES string of the molecule is Cn1ccnc(-n2cncn2)c1=O. The molecule has 2 rings (SSSR count). The van der Waals surface area contributed by atoms with Crippen LogP contribution in [0.4, 0.5) is 0 Å². The predicted octanol–water partition coefficient (Wildman–Crippen LogP) is -0.639. The lowest BCUT2D eigenvalue weighted by Gasteiger charge is -1.99. The van der Waals surface area contributed by atoms with Crippen LogP contribution in [0.15, 0.2) is 29.8 Å². The Morgan fingerprint density at radius 3 is 3.00 bits per heavy atom. The van der Waals surface area contributed by atoms with E-state index in [1.807, 2.05) is 0 Å². The lowest BCUT2D eigenvalue weighted by atomic mass is 10.6. The van der Waals surface area contributed by atoms with E-state index in [9.17, 15) is 4.79 Å². The van der Waals surface area contributed by atoms with Gasteiger partial charge in [-0.25, -0.2) is 9.97 Å². The van der Waals surface area contributed by atoms with Crippen LogP contribution in [0.3, 0.4) is 0 Å². The Morgan fingerprint density at radius 2 is 2.31 bits per heavy atom. The van der Waals surface area contributed by atoms with Crippen LogP contribution in [0.5, 0.6) is 0 Å². The molecule has 6 heteroatoms. The summed E-state index contributed by atoms with van der Waals surface area (Å²) in [6, 6.07) is 0. The minimum absolute atomic E-state index is 0.201. The number of rotatable bonds is 1. The van der Waals surface area contributed by atoms with E-state index < -0.39 is 0 Å². The second-order valence-corrected chi connectivity index (χ2v) is 2.51. The van der Waals surface area contributed by atoms with Gasteiger partial charge in [-0.1, -0.05) is 0 Å². The van der Waals surface area contributed by atoms with E-state index in [-0.39, 0.29) is 11.4 Å². The van der Waals surface area contributed by atoms with Crippen LogP contribution < -0.4 is 5.56 Å². The maximum absolute atomic E-state index is 11.5. The molecule has 0 saturated carbocycles. The molecule has 0 bridgehead atoms. The van der Waals surface area contributed by atoms with Crippen molar-refractivity contribution in [2.75, 3.05) is 0 Å². The number of nitrogens with zero attached hydrogens (tertiary/aromatic N) is 5. The van der Waals surface area contributed by atoms with Crippen LogP contribution in [-0.4, -0.2) is 24.3 Å². The zero-order valence-corrected chi connectivity index (χ0v) is 6.95. The third-order valence-electron chi connectivity index (χ3n) is 1.63. The summed E-state index contributed by atoms with van der Waals surface area (Å²) in [6.45, 7) is 0. The summed E-state index contributed by atoms with van der Waals surface area (Å²) in [4.78, 5) is 19.1. The molecule has 2 heterocycles. The number of aryl methyl sites for hydroxylation is 1. The van der Waals surface area contributed by atoms with Gasteiger partial charge >= 0.3 is 0 Å². The van der Waals surface area contributed by atoms with E-state index in [4.69, 9.17) is 0 Å². The molecule has 0 spiro atoms. The molecule has 6 nitrogen and oxygen atoms in total. The highest BCUT2D eigenvalue weighted by Crippen LogP contribution is 1.90. The zero-order valence-electron chi connectivity index (χ0n) is 6.95. The molecule has 0 fully saturated rings. The van der Waals surface area contributed by atoms with Crippen LogP contribution in [0.1, 0.15) is 0 Å². The fourth-order valence-corrected chi connectivity index (χ4v) is 0.959. The first kappa shape index (κ1) is 7.66. The summed E-state index contributed by atoms with van der Waals surface area (Å²) in [5, 5.41) is 3.82. The molecule has 0 aromatic carbocycles. The third-order valence-corrected chi connectivity index (χ3v) is 1.63. The van der Waals surface area contributed by atoms with Crippen molar-refractivity contribution in [2.24, 2.45) is 7.05 Å². The van der Waals surface area contributed by atoms with Crippen molar-refractivity contribution in [3.05, 3.63) is 35.4 Å². The molecule has 0 atom stereocenters. The highest BCUT2D eigenvalue weighted by molar-refractivity contribution is 5.14. The Morgan fingerprint density at radius 1 is 1.46 bits per heavy atom. The molecule has 0 unspecified atom stereocenters. The summed E-state index contributed by atoms with van der Waals surface area (Å²) >= 11 is 0. The molecule has 0 radical (unpaired) electrons. The molecule has 0 saturated heterocycles. The number of hydrogen-bond donors (Lipinski definition) is 0. The van der Waals surface area contributed by atoms with Crippen molar-refractivity contribution in [2.45, 2.75) is 0 Å². The van der Waals surface area contributed by atoms with E-state index in [1.54, 1.807) is 19.4 Å². The van der Waals surface area contributed by atoms with Crippen LogP contribution >= 0.6 is 0 Å². The average molecular weight is 177 g/mol. The van der Waals surface area contributed by atoms with Crippen molar-refractivity contribution in [3.8, 4) is 5.82 Å². The molecule has 0 aliphatic heterocycles. The maximum atomic E-state index is 11.5. The second kappa shape index (κ2) is 2.81. The van der Waals surface area contributed by atoms with E-state index in [0.29, 0.717) is 0 Å². The van der Waals surface area contributed by atoms with Crippen molar-refractivity contribution in [3.63, 3.8) is 0 Å². The molecule has 13 heavy (non-hydrogen) atoms. The van der Waals surface area contributed by atoms with Crippen molar-refractivity contribution in [1.29, 1.82) is 0 Å².